The lowest BCUT2D eigenvalue weighted by Gasteiger charge is -2.00. The zero-order valence-electron chi connectivity index (χ0n) is 23.0. The average Bonchev–Trinajstić information content (AvgIpc) is 2.80. The summed E-state index contributed by atoms with van der Waals surface area (Å²) in [6.45, 7) is 4.50. The van der Waals surface area contributed by atoms with Crippen LogP contribution in [0.3, 0.4) is 0 Å². The molecule has 0 heterocycles. The smallest absolute Gasteiger partial charge is 0.303 e. The van der Waals surface area contributed by atoms with E-state index in [0.717, 1.165) is 25.7 Å². The van der Waals surface area contributed by atoms with Gasteiger partial charge in [-0.25, -0.2) is 0 Å². The second-order valence-electron chi connectivity index (χ2n) is 9.77. The highest BCUT2D eigenvalue weighted by Gasteiger charge is 1.96. The van der Waals surface area contributed by atoms with Crippen LogP contribution in [0.2, 0.25) is 0 Å². The Labute approximate surface area is 212 Å². The molecule has 0 saturated heterocycles. The summed E-state index contributed by atoms with van der Waals surface area (Å²) >= 11 is 0. The van der Waals surface area contributed by atoms with Crippen LogP contribution >= 0.6 is 0 Å². The van der Waals surface area contributed by atoms with Gasteiger partial charge in [0.1, 0.15) is 0 Å². The molecule has 4 nitrogen and oxygen atoms in total. The van der Waals surface area contributed by atoms with Crippen LogP contribution in [0.5, 0.6) is 0 Å². The summed E-state index contributed by atoms with van der Waals surface area (Å²) in [5.74, 6) is -0.824. The summed E-state index contributed by atoms with van der Waals surface area (Å²) < 4.78 is 0. The van der Waals surface area contributed by atoms with E-state index in [1.807, 2.05) is 0 Å². The molecule has 0 aliphatic rings. The summed E-state index contributed by atoms with van der Waals surface area (Å²) in [7, 11) is 0. The summed E-state index contributed by atoms with van der Waals surface area (Å²) in [5, 5.41) is 8.51. The van der Waals surface area contributed by atoms with E-state index >= 15 is 0 Å². The van der Waals surface area contributed by atoms with Gasteiger partial charge in [0.05, 0.1) is 0 Å². The standard InChI is InChI=1S/C18H34O2.C12H25NO/c1-2-3-4-5-6-7-8-9-10-11-12-13-14-15-16-17-18(19)20;1-2-3-4-5-6-7-8-9-10-11-12(13)14/h9-10H,2-8,11-17H2,1H3,(H,19,20);2-11H2,1H3,(H2,13,14). The maximum Gasteiger partial charge on any atom is 0.303 e. The third-order valence-corrected chi connectivity index (χ3v) is 6.18. The number of carboxylic acid groups (broad SMARTS) is 1. The minimum absolute atomic E-state index is 0.159. The first kappa shape index (κ1) is 34.8. The zero-order valence-corrected chi connectivity index (χ0v) is 23.0. The Hall–Kier alpha value is -1.32. The van der Waals surface area contributed by atoms with Crippen molar-refractivity contribution in [2.45, 2.75) is 168 Å². The van der Waals surface area contributed by atoms with Crippen molar-refractivity contribution in [3.63, 3.8) is 0 Å². The van der Waals surface area contributed by atoms with Crippen LogP contribution < -0.4 is 5.73 Å². The Morgan fingerprint density at radius 2 is 0.853 bits per heavy atom. The molecule has 0 aromatic carbocycles. The van der Waals surface area contributed by atoms with Crippen molar-refractivity contribution in [2.75, 3.05) is 0 Å². The lowest BCUT2D eigenvalue weighted by atomic mass is 10.1. The van der Waals surface area contributed by atoms with Crippen molar-refractivity contribution < 1.29 is 14.7 Å². The fourth-order valence-corrected chi connectivity index (χ4v) is 3.96. The van der Waals surface area contributed by atoms with Crippen molar-refractivity contribution in [3.05, 3.63) is 12.2 Å². The van der Waals surface area contributed by atoms with Gasteiger partial charge in [-0.1, -0.05) is 129 Å². The van der Waals surface area contributed by atoms with Crippen molar-refractivity contribution in [2.24, 2.45) is 5.73 Å². The molecule has 0 spiro atoms. The molecule has 1 amide bonds. The van der Waals surface area contributed by atoms with E-state index in [2.05, 4.69) is 26.0 Å². The highest BCUT2D eigenvalue weighted by molar-refractivity contribution is 5.73. The summed E-state index contributed by atoms with van der Waals surface area (Å²) in [6, 6.07) is 0. The molecule has 0 fully saturated rings. The van der Waals surface area contributed by atoms with Crippen LogP contribution in [0.25, 0.3) is 0 Å². The van der Waals surface area contributed by atoms with Crippen molar-refractivity contribution in [1.82, 2.24) is 0 Å². The van der Waals surface area contributed by atoms with Crippen LogP contribution in [0, 0.1) is 0 Å². The van der Waals surface area contributed by atoms with Gasteiger partial charge >= 0.3 is 5.97 Å². The van der Waals surface area contributed by atoms with E-state index in [1.165, 1.54) is 116 Å². The third-order valence-electron chi connectivity index (χ3n) is 6.18. The maximum atomic E-state index is 10.4. The fraction of sp³-hybridized carbons (Fsp3) is 0.867. The zero-order chi connectivity index (χ0) is 25.5. The molecule has 0 rings (SSSR count). The van der Waals surface area contributed by atoms with Crippen LogP contribution in [-0.4, -0.2) is 17.0 Å². The quantitative estimate of drug-likeness (QED) is 0.101. The lowest BCUT2D eigenvalue weighted by molar-refractivity contribution is -0.137. The first-order valence-corrected chi connectivity index (χ1v) is 14.7. The molecular formula is C30H59NO3. The second kappa shape index (κ2) is 31.7. The minimum atomic E-state index is -0.664. The Bertz CT molecular complexity index is 448. The summed E-state index contributed by atoms with van der Waals surface area (Å²) in [5.41, 5.74) is 5.05. The largest absolute Gasteiger partial charge is 0.481 e. The number of aliphatic carboxylic acids is 1. The number of carboxylic acids is 1. The van der Waals surface area contributed by atoms with Gasteiger partial charge in [0.15, 0.2) is 0 Å². The first-order valence-electron chi connectivity index (χ1n) is 14.7. The summed E-state index contributed by atoms with van der Waals surface area (Å²) in [4.78, 5) is 20.8. The van der Waals surface area contributed by atoms with Crippen molar-refractivity contribution >= 4 is 11.9 Å². The van der Waals surface area contributed by atoms with Crippen LogP contribution in [0.4, 0.5) is 0 Å². The molecule has 0 bridgehead atoms. The van der Waals surface area contributed by atoms with Gasteiger partial charge in [0, 0.05) is 12.8 Å². The number of carbonyl (C=O) groups is 2. The third kappa shape index (κ3) is 38.0. The monoisotopic (exact) mass is 481 g/mol. The minimum Gasteiger partial charge on any atom is -0.481 e. The molecule has 0 aliphatic heterocycles. The number of hydrogen-bond acceptors (Lipinski definition) is 2. The molecule has 4 heteroatoms. The Kier molecular flexibility index (Phi) is 32.5. The highest BCUT2D eigenvalue weighted by Crippen LogP contribution is 2.11. The van der Waals surface area contributed by atoms with Gasteiger partial charge in [-0.2, -0.15) is 0 Å². The molecule has 202 valence electrons. The average molecular weight is 482 g/mol. The molecule has 0 aliphatic carbocycles. The lowest BCUT2D eigenvalue weighted by Crippen LogP contribution is -2.09. The van der Waals surface area contributed by atoms with Crippen LogP contribution in [-0.2, 0) is 9.59 Å². The van der Waals surface area contributed by atoms with E-state index < -0.39 is 5.97 Å². The first-order chi connectivity index (χ1) is 16.5. The van der Waals surface area contributed by atoms with E-state index in [4.69, 9.17) is 10.8 Å². The molecule has 0 atom stereocenters. The number of carbonyl (C=O) groups excluding carboxylic acids is 1. The van der Waals surface area contributed by atoms with Gasteiger partial charge in [-0.15, -0.1) is 0 Å². The number of unbranched alkanes of at least 4 members (excludes halogenated alkanes) is 19. The molecule has 0 unspecified atom stereocenters. The summed E-state index contributed by atoms with van der Waals surface area (Å²) in [6.07, 6.45) is 33.3. The predicted octanol–water partition coefficient (Wildman–Crippen LogP) is 9.50. The maximum absolute atomic E-state index is 10.4. The van der Waals surface area contributed by atoms with E-state index in [1.54, 1.807) is 0 Å². The second-order valence-corrected chi connectivity index (χ2v) is 9.77. The Morgan fingerprint density at radius 1 is 0.529 bits per heavy atom. The topological polar surface area (TPSA) is 80.4 Å². The predicted molar refractivity (Wildman–Crippen MR) is 148 cm³/mol. The molecule has 3 N–H and O–H groups in total. The fourth-order valence-electron chi connectivity index (χ4n) is 3.96. The molecule has 0 aromatic heterocycles. The van der Waals surface area contributed by atoms with Crippen molar-refractivity contribution in [1.29, 1.82) is 0 Å². The molecule has 0 aromatic rings. The van der Waals surface area contributed by atoms with E-state index in [0.29, 0.717) is 12.8 Å². The van der Waals surface area contributed by atoms with E-state index in [9.17, 15) is 9.59 Å². The van der Waals surface area contributed by atoms with E-state index in [-0.39, 0.29) is 5.91 Å². The SMILES string of the molecule is CCCCCCCCC=CCCCCCCCC(=O)O.CCCCCCCCCCCC(N)=O. The molecule has 0 saturated carbocycles. The molecular weight excluding hydrogens is 422 g/mol. The van der Waals surface area contributed by atoms with Gasteiger partial charge in [-0.05, 0) is 38.5 Å². The molecule has 34 heavy (non-hydrogen) atoms. The molecule has 0 radical (unpaired) electrons. The number of amides is 1. The normalized spacial score (nSPS) is 10.9. The Balaban J connectivity index is 0. The van der Waals surface area contributed by atoms with Gasteiger partial charge in [0.2, 0.25) is 5.91 Å². The van der Waals surface area contributed by atoms with Gasteiger partial charge in [0.25, 0.3) is 0 Å². The van der Waals surface area contributed by atoms with Crippen molar-refractivity contribution in [3.8, 4) is 0 Å². The van der Waals surface area contributed by atoms with Gasteiger partial charge in [-0.3, -0.25) is 9.59 Å². The number of nitrogens with two attached hydrogens (primary N) is 1. The highest BCUT2D eigenvalue weighted by atomic mass is 16.4. The van der Waals surface area contributed by atoms with Crippen LogP contribution in [0.1, 0.15) is 168 Å². The number of primary amides is 1. The number of rotatable bonds is 25. The van der Waals surface area contributed by atoms with Gasteiger partial charge < -0.3 is 10.8 Å². The number of allylic oxidation sites excluding steroid dienone is 2. The Morgan fingerprint density at radius 3 is 1.21 bits per heavy atom. The van der Waals surface area contributed by atoms with Crippen LogP contribution in [0.15, 0.2) is 12.2 Å². The number of hydrogen-bond donors (Lipinski definition) is 2.